The van der Waals surface area contributed by atoms with E-state index < -0.39 is 0 Å². The number of carbonyl (C=O) groups is 1. The van der Waals surface area contributed by atoms with Crippen molar-refractivity contribution in [1.29, 1.82) is 0 Å². The van der Waals surface area contributed by atoms with Gasteiger partial charge in [0.1, 0.15) is 0 Å². The number of carbonyl (C=O) groups excluding carboxylic acids is 1. The number of hydrogen-bond donors (Lipinski definition) is 1. The fourth-order valence-corrected chi connectivity index (χ4v) is 2.60. The van der Waals surface area contributed by atoms with Crippen LogP contribution in [0.2, 0.25) is 0 Å². The molecule has 1 aliphatic carbocycles. The molecule has 1 N–H and O–H groups in total. The molecule has 2 nitrogen and oxygen atoms in total. The molecule has 1 aliphatic rings. The van der Waals surface area contributed by atoms with Crippen molar-refractivity contribution in [3.8, 4) is 0 Å². The number of halogens is 1. The van der Waals surface area contributed by atoms with Crippen molar-refractivity contribution in [2.75, 3.05) is 5.32 Å². The molecule has 0 aromatic heterocycles. The van der Waals surface area contributed by atoms with Crippen molar-refractivity contribution < 1.29 is 4.79 Å². The minimum atomic E-state index is 0.152. The highest BCUT2D eigenvalue weighted by atomic mass is 79.9. The van der Waals surface area contributed by atoms with E-state index >= 15 is 0 Å². The number of hydrogen-bond acceptors (Lipinski definition) is 1. The number of anilines is 1. The van der Waals surface area contributed by atoms with Gasteiger partial charge in [-0.05, 0) is 47.4 Å². The summed E-state index contributed by atoms with van der Waals surface area (Å²) in [7, 11) is 0. The number of benzene rings is 2. The average Bonchev–Trinajstić information content (AvgIpc) is 3.07. The van der Waals surface area contributed by atoms with Gasteiger partial charge in [0.15, 0.2) is 0 Å². The lowest BCUT2D eigenvalue weighted by Crippen LogP contribution is -2.14. The second-order valence-corrected chi connectivity index (χ2v) is 5.93. The first kappa shape index (κ1) is 11.7. The smallest absolute Gasteiger partial charge is 0.227 e. The van der Waals surface area contributed by atoms with E-state index in [9.17, 15) is 4.79 Å². The molecule has 0 saturated heterocycles. The number of amides is 1. The van der Waals surface area contributed by atoms with E-state index in [4.69, 9.17) is 0 Å². The Balaban J connectivity index is 1.84. The lowest BCUT2D eigenvalue weighted by molar-refractivity contribution is -0.117. The standard InChI is InChI=1S/C15H14BrNO/c1-9-6-14(9)15(18)17-13-5-3-10-7-12(16)4-2-11(10)8-13/h2-5,7-9,14H,6H2,1H3,(H,17,18). The van der Waals surface area contributed by atoms with Crippen molar-refractivity contribution in [3.05, 3.63) is 40.9 Å². The third-order valence-corrected chi connectivity index (χ3v) is 4.01. The zero-order valence-electron chi connectivity index (χ0n) is 10.1. The van der Waals surface area contributed by atoms with Crippen molar-refractivity contribution in [3.63, 3.8) is 0 Å². The SMILES string of the molecule is CC1CC1C(=O)Nc1ccc2cc(Br)ccc2c1. The van der Waals surface area contributed by atoms with Crippen molar-refractivity contribution in [2.45, 2.75) is 13.3 Å². The van der Waals surface area contributed by atoms with E-state index in [0.717, 1.165) is 22.0 Å². The Morgan fingerprint density at radius 3 is 2.61 bits per heavy atom. The topological polar surface area (TPSA) is 29.1 Å². The zero-order valence-corrected chi connectivity index (χ0v) is 11.7. The largest absolute Gasteiger partial charge is 0.326 e. The van der Waals surface area contributed by atoms with Gasteiger partial charge < -0.3 is 5.32 Å². The molecule has 1 fully saturated rings. The maximum Gasteiger partial charge on any atom is 0.227 e. The Morgan fingerprint density at radius 1 is 1.22 bits per heavy atom. The molecule has 18 heavy (non-hydrogen) atoms. The molecular formula is C15H14BrNO. The van der Waals surface area contributed by atoms with Crippen molar-refractivity contribution in [2.24, 2.45) is 11.8 Å². The second kappa shape index (κ2) is 4.39. The summed E-state index contributed by atoms with van der Waals surface area (Å²) in [6.45, 7) is 2.11. The van der Waals surface area contributed by atoms with E-state index in [1.807, 2.05) is 24.3 Å². The minimum Gasteiger partial charge on any atom is -0.326 e. The molecule has 3 heteroatoms. The molecule has 2 unspecified atom stereocenters. The number of fused-ring (bicyclic) bond motifs is 1. The zero-order chi connectivity index (χ0) is 12.7. The van der Waals surface area contributed by atoms with Gasteiger partial charge in [-0.1, -0.05) is 35.0 Å². The molecule has 92 valence electrons. The van der Waals surface area contributed by atoms with E-state index in [2.05, 4.69) is 40.3 Å². The van der Waals surface area contributed by atoms with Crippen molar-refractivity contribution >= 4 is 38.3 Å². The van der Waals surface area contributed by atoms with Crippen LogP contribution < -0.4 is 5.32 Å². The summed E-state index contributed by atoms with van der Waals surface area (Å²) in [5.74, 6) is 0.908. The van der Waals surface area contributed by atoms with Gasteiger partial charge in [0.05, 0.1) is 0 Å². The van der Waals surface area contributed by atoms with Gasteiger partial charge >= 0.3 is 0 Å². The molecule has 2 aromatic rings. The summed E-state index contributed by atoms with van der Waals surface area (Å²) in [6.07, 6.45) is 1.02. The van der Waals surface area contributed by atoms with Crippen molar-refractivity contribution in [1.82, 2.24) is 0 Å². The molecule has 0 bridgehead atoms. The molecule has 1 saturated carbocycles. The molecule has 0 heterocycles. The van der Waals surface area contributed by atoms with E-state index in [0.29, 0.717) is 5.92 Å². The minimum absolute atomic E-state index is 0.152. The van der Waals surface area contributed by atoms with Crippen LogP contribution in [0, 0.1) is 11.8 Å². The Bertz CT molecular complexity index is 623. The number of rotatable bonds is 2. The van der Waals surface area contributed by atoms with Gasteiger partial charge in [0.25, 0.3) is 0 Å². The van der Waals surface area contributed by atoms with Gasteiger partial charge in [-0.25, -0.2) is 0 Å². The first-order valence-electron chi connectivity index (χ1n) is 6.14. The maximum atomic E-state index is 11.9. The lowest BCUT2D eigenvalue weighted by Gasteiger charge is -2.06. The molecule has 0 spiro atoms. The highest BCUT2D eigenvalue weighted by molar-refractivity contribution is 9.10. The van der Waals surface area contributed by atoms with Crippen LogP contribution in [0.1, 0.15) is 13.3 Å². The van der Waals surface area contributed by atoms with Crippen LogP contribution in [0.15, 0.2) is 40.9 Å². The Kier molecular flexibility index (Phi) is 2.86. The Hall–Kier alpha value is -1.35. The summed E-state index contributed by atoms with van der Waals surface area (Å²) in [4.78, 5) is 11.9. The van der Waals surface area contributed by atoms with Crippen LogP contribution in [0.5, 0.6) is 0 Å². The van der Waals surface area contributed by atoms with Crippen LogP contribution in [-0.4, -0.2) is 5.91 Å². The Labute approximate surface area is 115 Å². The predicted molar refractivity (Wildman–Crippen MR) is 77.5 cm³/mol. The fraction of sp³-hybridized carbons (Fsp3) is 0.267. The average molecular weight is 304 g/mol. The Morgan fingerprint density at radius 2 is 1.89 bits per heavy atom. The summed E-state index contributed by atoms with van der Waals surface area (Å²) in [5, 5.41) is 5.30. The van der Waals surface area contributed by atoms with Crippen LogP contribution in [-0.2, 0) is 4.79 Å². The first-order valence-corrected chi connectivity index (χ1v) is 6.93. The third kappa shape index (κ3) is 2.27. The van der Waals surface area contributed by atoms with Gasteiger partial charge in [0.2, 0.25) is 5.91 Å². The van der Waals surface area contributed by atoms with E-state index in [1.165, 1.54) is 5.39 Å². The van der Waals surface area contributed by atoms with Crippen LogP contribution in [0.4, 0.5) is 5.69 Å². The molecule has 2 aromatic carbocycles. The third-order valence-electron chi connectivity index (χ3n) is 3.52. The monoisotopic (exact) mass is 303 g/mol. The molecule has 2 atom stereocenters. The predicted octanol–water partition coefficient (Wildman–Crippen LogP) is 4.20. The summed E-state index contributed by atoms with van der Waals surface area (Å²) < 4.78 is 1.07. The van der Waals surface area contributed by atoms with Crippen LogP contribution >= 0.6 is 15.9 Å². The van der Waals surface area contributed by atoms with Gasteiger partial charge in [0, 0.05) is 16.1 Å². The number of nitrogens with one attached hydrogen (secondary N) is 1. The van der Waals surface area contributed by atoms with Crippen LogP contribution in [0.25, 0.3) is 10.8 Å². The maximum absolute atomic E-state index is 11.9. The highest BCUT2D eigenvalue weighted by Gasteiger charge is 2.38. The molecule has 0 aliphatic heterocycles. The normalized spacial score (nSPS) is 21.9. The quantitative estimate of drug-likeness (QED) is 0.885. The molecular weight excluding hydrogens is 290 g/mol. The van der Waals surface area contributed by atoms with Crippen LogP contribution in [0.3, 0.4) is 0 Å². The summed E-state index contributed by atoms with van der Waals surface area (Å²) >= 11 is 3.46. The first-order chi connectivity index (χ1) is 8.63. The highest BCUT2D eigenvalue weighted by Crippen LogP contribution is 2.38. The summed E-state index contributed by atoms with van der Waals surface area (Å²) in [5.41, 5.74) is 0.883. The van der Waals surface area contributed by atoms with Gasteiger partial charge in [-0.3, -0.25) is 4.79 Å². The van der Waals surface area contributed by atoms with E-state index in [-0.39, 0.29) is 11.8 Å². The van der Waals surface area contributed by atoms with Gasteiger partial charge in [-0.2, -0.15) is 0 Å². The summed E-state index contributed by atoms with van der Waals surface area (Å²) in [6, 6.07) is 12.1. The molecule has 0 radical (unpaired) electrons. The van der Waals surface area contributed by atoms with Gasteiger partial charge in [-0.15, -0.1) is 0 Å². The molecule has 1 amide bonds. The van der Waals surface area contributed by atoms with E-state index in [1.54, 1.807) is 0 Å². The second-order valence-electron chi connectivity index (χ2n) is 5.01. The lowest BCUT2D eigenvalue weighted by atomic mass is 10.1. The molecule has 3 rings (SSSR count). The fourth-order valence-electron chi connectivity index (χ4n) is 2.22.